The minimum absolute atomic E-state index is 0.00797. The van der Waals surface area contributed by atoms with E-state index >= 15 is 0 Å². The number of carbonyl (C=O) groups is 2. The zero-order chi connectivity index (χ0) is 13.5. The lowest BCUT2D eigenvalue weighted by Gasteiger charge is -2.03. The number of carboxylic acids is 1. The zero-order valence-electron chi connectivity index (χ0n) is 10.3. The Balaban J connectivity index is 2.73. The topological polar surface area (TPSA) is 80.4 Å². The molecule has 0 atom stereocenters. The number of allylic oxidation sites excluding steroid dienone is 1. The Kier molecular flexibility index (Phi) is 5.27. The van der Waals surface area contributed by atoms with Crippen molar-refractivity contribution >= 4 is 17.3 Å². The molecule has 0 aliphatic carbocycles. The molecule has 0 aliphatic heterocycles. The van der Waals surface area contributed by atoms with Crippen LogP contribution in [0.1, 0.15) is 24.5 Å². The molecule has 0 amide bonds. The lowest BCUT2D eigenvalue weighted by atomic mass is 10.0. The van der Waals surface area contributed by atoms with Crippen molar-refractivity contribution in [3.05, 3.63) is 41.5 Å². The summed E-state index contributed by atoms with van der Waals surface area (Å²) in [6.07, 6.45) is 2.16. The maximum Gasteiger partial charge on any atom is 0.303 e. The largest absolute Gasteiger partial charge is 0.481 e. The van der Waals surface area contributed by atoms with Gasteiger partial charge in [0.1, 0.15) is 0 Å². The summed E-state index contributed by atoms with van der Waals surface area (Å²) in [5.41, 5.74) is 8.01. The van der Waals surface area contributed by atoms with Gasteiger partial charge in [-0.05, 0) is 36.1 Å². The van der Waals surface area contributed by atoms with E-state index < -0.39 is 5.97 Å². The molecule has 96 valence electrons. The van der Waals surface area contributed by atoms with Crippen molar-refractivity contribution in [1.82, 2.24) is 0 Å². The molecule has 18 heavy (non-hydrogen) atoms. The third kappa shape index (κ3) is 4.51. The zero-order valence-corrected chi connectivity index (χ0v) is 10.3. The van der Waals surface area contributed by atoms with Crippen molar-refractivity contribution in [3.8, 4) is 0 Å². The first kappa shape index (κ1) is 14.1. The second-order valence-corrected chi connectivity index (χ2v) is 4.09. The lowest BCUT2D eigenvalue weighted by molar-refractivity contribution is -0.137. The third-order valence-corrected chi connectivity index (χ3v) is 2.62. The Labute approximate surface area is 106 Å². The Hall–Kier alpha value is -1.94. The number of hydrogen-bond donors (Lipinski definition) is 2. The van der Waals surface area contributed by atoms with Gasteiger partial charge in [0, 0.05) is 6.42 Å². The van der Waals surface area contributed by atoms with Crippen LogP contribution in [0.4, 0.5) is 0 Å². The number of carboxylic acid groups (broad SMARTS) is 1. The van der Waals surface area contributed by atoms with Crippen LogP contribution in [0.3, 0.4) is 0 Å². The molecular weight excluding hydrogens is 230 g/mol. The molecule has 0 bridgehead atoms. The van der Waals surface area contributed by atoms with Gasteiger partial charge in [0.05, 0.1) is 6.54 Å². The van der Waals surface area contributed by atoms with E-state index in [2.05, 4.69) is 0 Å². The first-order chi connectivity index (χ1) is 8.52. The van der Waals surface area contributed by atoms with Crippen LogP contribution in [0, 0.1) is 0 Å². The monoisotopic (exact) mass is 247 g/mol. The standard InChI is InChI=1S/C14H17NO3/c1-10(8-13(16)9-15)12-5-2-11(3-6-12)4-7-14(17)18/h2-3,5-6,8H,4,7,9,15H2,1H3,(H,17,18). The summed E-state index contributed by atoms with van der Waals surface area (Å²) in [5, 5.41) is 8.59. The number of aliphatic carboxylic acids is 1. The quantitative estimate of drug-likeness (QED) is 0.749. The van der Waals surface area contributed by atoms with Gasteiger partial charge in [0.25, 0.3) is 0 Å². The number of benzene rings is 1. The minimum Gasteiger partial charge on any atom is -0.481 e. The van der Waals surface area contributed by atoms with Crippen LogP contribution >= 0.6 is 0 Å². The molecule has 0 heterocycles. The first-order valence-electron chi connectivity index (χ1n) is 5.75. The van der Waals surface area contributed by atoms with Gasteiger partial charge < -0.3 is 10.8 Å². The average Bonchev–Trinajstić information content (AvgIpc) is 2.36. The van der Waals surface area contributed by atoms with E-state index in [1.807, 2.05) is 31.2 Å². The Bertz CT molecular complexity index is 460. The Morgan fingerprint density at radius 1 is 1.28 bits per heavy atom. The highest BCUT2D eigenvalue weighted by atomic mass is 16.4. The van der Waals surface area contributed by atoms with Crippen LogP contribution in [-0.2, 0) is 16.0 Å². The molecule has 0 unspecified atom stereocenters. The smallest absolute Gasteiger partial charge is 0.303 e. The fourth-order valence-corrected chi connectivity index (χ4v) is 1.57. The van der Waals surface area contributed by atoms with E-state index in [0.717, 1.165) is 16.7 Å². The van der Waals surface area contributed by atoms with Crippen molar-refractivity contribution in [2.45, 2.75) is 19.8 Å². The molecule has 0 fully saturated rings. The maximum absolute atomic E-state index is 11.2. The van der Waals surface area contributed by atoms with Crippen molar-refractivity contribution in [3.63, 3.8) is 0 Å². The average molecular weight is 247 g/mol. The predicted molar refractivity (Wildman–Crippen MR) is 70.1 cm³/mol. The number of aryl methyl sites for hydroxylation is 1. The summed E-state index contributed by atoms with van der Waals surface area (Å²) in [4.78, 5) is 21.6. The van der Waals surface area contributed by atoms with Crippen LogP contribution in [0.25, 0.3) is 5.57 Å². The predicted octanol–water partition coefficient (Wildman–Crippen LogP) is 1.63. The molecule has 4 heteroatoms. The van der Waals surface area contributed by atoms with Gasteiger partial charge in [0.15, 0.2) is 5.78 Å². The fourth-order valence-electron chi connectivity index (χ4n) is 1.57. The van der Waals surface area contributed by atoms with Gasteiger partial charge >= 0.3 is 5.97 Å². The molecule has 0 spiro atoms. The van der Waals surface area contributed by atoms with Crippen LogP contribution in [0.5, 0.6) is 0 Å². The number of rotatable bonds is 6. The van der Waals surface area contributed by atoms with E-state index in [-0.39, 0.29) is 18.7 Å². The number of nitrogens with two attached hydrogens (primary N) is 1. The number of ketones is 1. The highest BCUT2D eigenvalue weighted by Crippen LogP contribution is 2.15. The van der Waals surface area contributed by atoms with E-state index in [1.165, 1.54) is 6.08 Å². The van der Waals surface area contributed by atoms with Gasteiger partial charge in [-0.1, -0.05) is 24.3 Å². The summed E-state index contributed by atoms with van der Waals surface area (Å²) in [7, 11) is 0. The van der Waals surface area contributed by atoms with Gasteiger partial charge in [-0.3, -0.25) is 9.59 Å². The van der Waals surface area contributed by atoms with Crippen molar-refractivity contribution < 1.29 is 14.7 Å². The Morgan fingerprint density at radius 3 is 2.39 bits per heavy atom. The van der Waals surface area contributed by atoms with Crippen molar-refractivity contribution in [1.29, 1.82) is 0 Å². The highest BCUT2D eigenvalue weighted by Gasteiger charge is 2.01. The van der Waals surface area contributed by atoms with Gasteiger partial charge in [-0.15, -0.1) is 0 Å². The molecule has 1 aromatic rings. The molecular formula is C14H17NO3. The van der Waals surface area contributed by atoms with Crippen LogP contribution in [-0.4, -0.2) is 23.4 Å². The van der Waals surface area contributed by atoms with E-state index in [1.54, 1.807) is 0 Å². The van der Waals surface area contributed by atoms with E-state index in [9.17, 15) is 9.59 Å². The summed E-state index contributed by atoms with van der Waals surface area (Å²) < 4.78 is 0. The van der Waals surface area contributed by atoms with Crippen LogP contribution in [0.15, 0.2) is 30.3 Å². The lowest BCUT2D eigenvalue weighted by Crippen LogP contribution is -2.10. The van der Waals surface area contributed by atoms with Crippen LogP contribution < -0.4 is 5.73 Å². The van der Waals surface area contributed by atoms with Crippen molar-refractivity contribution in [2.75, 3.05) is 6.54 Å². The molecule has 1 rings (SSSR count). The van der Waals surface area contributed by atoms with Gasteiger partial charge in [-0.2, -0.15) is 0 Å². The van der Waals surface area contributed by atoms with Gasteiger partial charge in [-0.25, -0.2) is 0 Å². The SMILES string of the molecule is CC(=CC(=O)CN)c1ccc(CCC(=O)O)cc1. The molecule has 4 nitrogen and oxygen atoms in total. The summed E-state index contributed by atoms with van der Waals surface area (Å²) in [6.45, 7) is 1.86. The molecule has 0 radical (unpaired) electrons. The highest BCUT2D eigenvalue weighted by molar-refractivity contribution is 5.97. The molecule has 0 aliphatic rings. The fraction of sp³-hybridized carbons (Fsp3) is 0.286. The first-order valence-corrected chi connectivity index (χ1v) is 5.75. The summed E-state index contributed by atoms with van der Waals surface area (Å²) in [5.74, 6) is -0.911. The van der Waals surface area contributed by atoms with Gasteiger partial charge in [0.2, 0.25) is 0 Å². The molecule has 0 saturated carbocycles. The summed E-state index contributed by atoms with van der Waals surface area (Å²) >= 11 is 0. The van der Waals surface area contributed by atoms with Crippen molar-refractivity contribution in [2.24, 2.45) is 5.73 Å². The van der Waals surface area contributed by atoms with E-state index in [0.29, 0.717) is 6.42 Å². The third-order valence-electron chi connectivity index (χ3n) is 2.62. The van der Waals surface area contributed by atoms with Crippen LogP contribution in [0.2, 0.25) is 0 Å². The number of hydrogen-bond acceptors (Lipinski definition) is 3. The molecule has 0 saturated heterocycles. The maximum atomic E-state index is 11.2. The summed E-state index contributed by atoms with van der Waals surface area (Å²) in [6, 6.07) is 7.52. The second kappa shape index (κ2) is 6.71. The second-order valence-electron chi connectivity index (χ2n) is 4.09. The molecule has 3 N–H and O–H groups in total. The number of carbonyl (C=O) groups excluding carboxylic acids is 1. The molecule has 1 aromatic carbocycles. The normalized spacial score (nSPS) is 11.3. The minimum atomic E-state index is -0.802. The molecule has 0 aromatic heterocycles. The Morgan fingerprint density at radius 2 is 1.89 bits per heavy atom. The van der Waals surface area contributed by atoms with E-state index in [4.69, 9.17) is 10.8 Å².